The van der Waals surface area contributed by atoms with Gasteiger partial charge in [0, 0.05) is 25.1 Å². The van der Waals surface area contributed by atoms with E-state index in [-0.39, 0.29) is 5.91 Å². The van der Waals surface area contributed by atoms with E-state index in [1.165, 1.54) is 0 Å². The van der Waals surface area contributed by atoms with Crippen molar-refractivity contribution < 1.29 is 9.21 Å². The zero-order valence-corrected chi connectivity index (χ0v) is 8.38. The van der Waals surface area contributed by atoms with E-state index in [2.05, 4.69) is 10.6 Å². The molecule has 4 heteroatoms. The van der Waals surface area contributed by atoms with Crippen molar-refractivity contribution in [1.29, 1.82) is 0 Å². The Morgan fingerprint density at radius 1 is 1.57 bits per heavy atom. The van der Waals surface area contributed by atoms with E-state index in [4.69, 9.17) is 4.42 Å². The molecule has 1 aromatic heterocycles. The Labute approximate surface area is 83.7 Å². The van der Waals surface area contributed by atoms with Crippen LogP contribution in [-0.2, 0) is 11.3 Å². The van der Waals surface area contributed by atoms with Gasteiger partial charge in [-0.25, -0.2) is 0 Å². The fourth-order valence-electron chi connectivity index (χ4n) is 1.06. The van der Waals surface area contributed by atoms with E-state index in [9.17, 15) is 4.79 Å². The van der Waals surface area contributed by atoms with Gasteiger partial charge in [0.1, 0.15) is 0 Å². The zero-order chi connectivity index (χ0) is 10.2. The third-order valence-electron chi connectivity index (χ3n) is 1.85. The third-order valence-corrected chi connectivity index (χ3v) is 1.85. The number of amides is 1. The molecule has 2 N–H and O–H groups in total. The Hall–Kier alpha value is -1.29. The van der Waals surface area contributed by atoms with Crippen LogP contribution in [0.2, 0.25) is 0 Å². The first kappa shape index (κ1) is 10.8. The van der Waals surface area contributed by atoms with E-state index in [0.29, 0.717) is 13.0 Å². The topological polar surface area (TPSA) is 54.3 Å². The predicted molar refractivity (Wildman–Crippen MR) is 53.7 cm³/mol. The van der Waals surface area contributed by atoms with E-state index in [0.717, 1.165) is 18.7 Å². The van der Waals surface area contributed by atoms with Crippen LogP contribution in [0.25, 0.3) is 0 Å². The molecule has 0 aliphatic rings. The summed E-state index contributed by atoms with van der Waals surface area (Å²) in [6.07, 6.45) is 3.75. The molecule has 0 radical (unpaired) electrons. The van der Waals surface area contributed by atoms with Crippen molar-refractivity contribution in [2.45, 2.75) is 19.9 Å². The number of furan rings is 1. The van der Waals surface area contributed by atoms with Crippen LogP contribution in [0.1, 0.15) is 18.9 Å². The highest BCUT2D eigenvalue weighted by Crippen LogP contribution is 1.98. The van der Waals surface area contributed by atoms with E-state index < -0.39 is 0 Å². The second-order valence-electron chi connectivity index (χ2n) is 3.01. The van der Waals surface area contributed by atoms with Crippen molar-refractivity contribution in [3.05, 3.63) is 24.2 Å². The van der Waals surface area contributed by atoms with Gasteiger partial charge in [-0.05, 0) is 12.6 Å². The minimum atomic E-state index is 0.0622. The maximum absolute atomic E-state index is 11.2. The number of carbonyl (C=O) groups excluding carboxylic acids is 1. The second kappa shape index (κ2) is 6.21. The molecule has 0 aromatic carbocycles. The smallest absolute Gasteiger partial charge is 0.221 e. The highest BCUT2D eigenvalue weighted by molar-refractivity contribution is 5.76. The van der Waals surface area contributed by atoms with Gasteiger partial charge in [0.25, 0.3) is 0 Å². The fourth-order valence-corrected chi connectivity index (χ4v) is 1.06. The molecule has 0 unspecified atom stereocenters. The molecule has 78 valence electrons. The minimum absolute atomic E-state index is 0.0622. The molecule has 0 atom stereocenters. The predicted octanol–water partition coefficient (Wildman–Crippen LogP) is 0.895. The van der Waals surface area contributed by atoms with Crippen LogP contribution in [0, 0.1) is 0 Å². The summed E-state index contributed by atoms with van der Waals surface area (Å²) in [6.45, 7) is 4.19. The number of rotatable bonds is 6. The molecule has 0 saturated heterocycles. The summed E-state index contributed by atoms with van der Waals surface area (Å²) >= 11 is 0. The molecule has 0 fully saturated rings. The Morgan fingerprint density at radius 3 is 3.07 bits per heavy atom. The summed E-state index contributed by atoms with van der Waals surface area (Å²) in [7, 11) is 0. The van der Waals surface area contributed by atoms with Gasteiger partial charge in [-0.3, -0.25) is 4.79 Å². The quantitative estimate of drug-likeness (QED) is 0.664. The zero-order valence-electron chi connectivity index (χ0n) is 8.38. The summed E-state index contributed by atoms with van der Waals surface area (Å²) in [5.41, 5.74) is 0.988. The summed E-state index contributed by atoms with van der Waals surface area (Å²) in [5.74, 6) is 0.0622. The fraction of sp³-hybridized carbons (Fsp3) is 0.500. The Bertz CT molecular complexity index is 257. The van der Waals surface area contributed by atoms with Gasteiger partial charge in [0.05, 0.1) is 12.5 Å². The lowest BCUT2D eigenvalue weighted by atomic mass is 10.3. The first-order valence-electron chi connectivity index (χ1n) is 4.81. The van der Waals surface area contributed by atoms with Crippen molar-refractivity contribution in [1.82, 2.24) is 10.6 Å². The Morgan fingerprint density at radius 2 is 2.43 bits per heavy atom. The van der Waals surface area contributed by atoms with Crippen LogP contribution in [0.15, 0.2) is 23.0 Å². The average molecular weight is 196 g/mol. The molecule has 0 bridgehead atoms. The molecule has 1 amide bonds. The van der Waals surface area contributed by atoms with Gasteiger partial charge in [-0.15, -0.1) is 0 Å². The van der Waals surface area contributed by atoms with Crippen LogP contribution in [-0.4, -0.2) is 19.0 Å². The number of hydrogen-bond acceptors (Lipinski definition) is 3. The van der Waals surface area contributed by atoms with Crippen LogP contribution in [0.4, 0.5) is 0 Å². The minimum Gasteiger partial charge on any atom is -0.472 e. The van der Waals surface area contributed by atoms with Crippen LogP contribution >= 0.6 is 0 Å². The van der Waals surface area contributed by atoms with Gasteiger partial charge in [0.15, 0.2) is 0 Å². The molecule has 0 saturated carbocycles. The number of hydrogen-bond donors (Lipinski definition) is 2. The molecule has 4 nitrogen and oxygen atoms in total. The van der Waals surface area contributed by atoms with Crippen LogP contribution in [0.5, 0.6) is 0 Å². The largest absolute Gasteiger partial charge is 0.472 e. The van der Waals surface area contributed by atoms with Gasteiger partial charge >= 0.3 is 0 Å². The maximum atomic E-state index is 11.2. The summed E-state index contributed by atoms with van der Waals surface area (Å²) < 4.78 is 4.88. The van der Waals surface area contributed by atoms with Gasteiger partial charge in [0.2, 0.25) is 5.91 Å². The lowest BCUT2D eigenvalue weighted by molar-refractivity contribution is -0.121. The van der Waals surface area contributed by atoms with Gasteiger partial charge < -0.3 is 15.1 Å². The van der Waals surface area contributed by atoms with Crippen molar-refractivity contribution in [3.63, 3.8) is 0 Å². The third kappa shape index (κ3) is 4.09. The maximum Gasteiger partial charge on any atom is 0.221 e. The van der Waals surface area contributed by atoms with Gasteiger partial charge in [-0.2, -0.15) is 0 Å². The van der Waals surface area contributed by atoms with E-state index in [1.807, 2.05) is 13.0 Å². The highest BCUT2D eigenvalue weighted by atomic mass is 16.3. The van der Waals surface area contributed by atoms with E-state index >= 15 is 0 Å². The second-order valence-corrected chi connectivity index (χ2v) is 3.01. The monoisotopic (exact) mass is 196 g/mol. The molecule has 14 heavy (non-hydrogen) atoms. The highest BCUT2D eigenvalue weighted by Gasteiger charge is 2.00. The summed E-state index contributed by atoms with van der Waals surface area (Å²) in [4.78, 5) is 11.2. The van der Waals surface area contributed by atoms with Crippen molar-refractivity contribution in [2.24, 2.45) is 0 Å². The normalized spacial score (nSPS) is 10.1. The lowest BCUT2D eigenvalue weighted by Crippen LogP contribution is -2.27. The molecule has 1 heterocycles. The standard InChI is InChI=1S/C10H16N2O2/c1-2-11-5-3-10(13)12-7-9-4-6-14-8-9/h4,6,8,11H,2-3,5,7H2,1H3,(H,12,13). The molecular formula is C10H16N2O2. The molecule has 0 aliphatic heterocycles. The Balaban J connectivity index is 2.09. The average Bonchev–Trinajstić information content (AvgIpc) is 2.68. The van der Waals surface area contributed by atoms with Crippen molar-refractivity contribution >= 4 is 5.91 Å². The SMILES string of the molecule is CCNCCC(=O)NCc1ccoc1. The Kier molecular flexibility index (Phi) is 4.78. The molecule has 0 spiro atoms. The molecule has 1 rings (SSSR count). The number of nitrogens with one attached hydrogen (secondary N) is 2. The van der Waals surface area contributed by atoms with Crippen LogP contribution in [0.3, 0.4) is 0 Å². The first-order chi connectivity index (χ1) is 6.83. The molecular weight excluding hydrogens is 180 g/mol. The van der Waals surface area contributed by atoms with E-state index in [1.54, 1.807) is 12.5 Å². The first-order valence-corrected chi connectivity index (χ1v) is 4.81. The van der Waals surface area contributed by atoms with Crippen molar-refractivity contribution in [2.75, 3.05) is 13.1 Å². The summed E-state index contributed by atoms with van der Waals surface area (Å²) in [6, 6.07) is 1.84. The van der Waals surface area contributed by atoms with Gasteiger partial charge in [-0.1, -0.05) is 6.92 Å². The molecule has 0 aliphatic carbocycles. The molecule has 1 aromatic rings. The van der Waals surface area contributed by atoms with Crippen LogP contribution < -0.4 is 10.6 Å². The van der Waals surface area contributed by atoms with Crippen molar-refractivity contribution in [3.8, 4) is 0 Å². The lowest BCUT2D eigenvalue weighted by Gasteiger charge is -2.03. The summed E-state index contributed by atoms with van der Waals surface area (Å²) in [5, 5.41) is 5.90. The number of carbonyl (C=O) groups is 1.